The van der Waals surface area contributed by atoms with E-state index >= 15 is 0 Å². The number of piperidine rings is 2. The number of hydrogen-bond donors (Lipinski definition) is 1. The van der Waals surface area contributed by atoms with Crippen LogP contribution in [0.1, 0.15) is 55.3 Å². The number of hydrogen-bond acceptors (Lipinski definition) is 3. The molecule has 1 aromatic carbocycles. The van der Waals surface area contributed by atoms with Gasteiger partial charge in [-0.15, -0.1) is 0 Å². The van der Waals surface area contributed by atoms with Crippen molar-refractivity contribution in [1.82, 2.24) is 10.2 Å². The number of likely N-dealkylation sites (tertiary alicyclic amines) is 1. The fraction of sp³-hybridized carbons (Fsp3) is 0.571. The summed E-state index contributed by atoms with van der Waals surface area (Å²) in [6.45, 7) is 1.93. The van der Waals surface area contributed by atoms with E-state index in [1.165, 1.54) is 0 Å². The summed E-state index contributed by atoms with van der Waals surface area (Å²) in [5.41, 5.74) is 1.48. The molecule has 144 valence electrons. The lowest BCUT2D eigenvalue weighted by Gasteiger charge is -2.32. The average molecular weight is 369 g/mol. The molecule has 6 nitrogen and oxygen atoms in total. The van der Waals surface area contributed by atoms with Crippen molar-refractivity contribution in [3.8, 4) is 0 Å². The maximum absolute atomic E-state index is 12.9. The lowest BCUT2D eigenvalue weighted by atomic mass is 9.96. The van der Waals surface area contributed by atoms with Crippen LogP contribution in [-0.2, 0) is 9.59 Å². The maximum atomic E-state index is 12.9. The number of nitrogens with zero attached hydrogens (tertiary/aromatic N) is 2. The Balaban J connectivity index is 1.39. The van der Waals surface area contributed by atoms with E-state index in [1.807, 2.05) is 12.1 Å². The summed E-state index contributed by atoms with van der Waals surface area (Å²) in [5, 5.41) is 3.06. The highest BCUT2D eigenvalue weighted by molar-refractivity contribution is 5.97. The number of nitrogens with one attached hydrogen (secondary N) is 1. The summed E-state index contributed by atoms with van der Waals surface area (Å²) in [5.74, 6) is 0.110. The molecule has 0 bridgehead atoms. The molecule has 1 aliphatic carbocycles. The van der Waals surface area contributed by atoms with E-state index in [-0.39, 0.29) is 23.6 Å². The van der Waals surface area contributed by atoms with Gasteiger partial charge in [0.1, 0.15) is 0 Å². The van der Waals surface area contributed by atoms with Crippen LogP contribution in [0.2, 0.25) is 0 Å². The smallest absolute Gasteiger partial charge is 0.253 e. The molecule has 1 aromatic rings. The van der Waals surface area contributed by atoms with E-state index in [9.17, 15) is 14.4 Å². The summed E-state index contributed by atoms with van der Waals surface area (Å²) < 4.78 is 0. The fourth-order valence-corrected chi connectivity index (χ4v) is 3.97. The second kappa shape index (κ2) is 7.71. The van der Waals surface area contributed by atoms with Crippen molar-refractivity contribution in [2.45, 2.75) is 51.0 Å². The summed E-state index contributed by atoms with van der Waals surface area (Å²) in [4.78, 5) is 40.8. The van der Waals surface area contributed by atoms with Gasteiger partial charge < -0.3 is 15.1 Å². The first-order chi connectivity index (χ1) is 13.1. The molecule has 1 saturated carbocycles. The molecule has 3 amide bonds. The Labute approximate surface area is 159 Å². The van der Waals surface area contributed by atoms with Gasteiger partial charge in [-0.1, -0.05) is 0 Å². The number of benzene rings is 1. The van der Waals surface area contributed by atoms with E-state index in [0.717, 1.165) is 50.8 Å². The van der Waals surface area contributed by atoms with Crippen molar-refractivity contribution < 1.29 is 14.4 Å². The molecule has 2 saturated heterocycles. The summed E-state index contributed by atoms with van der Waals surface area (Å²) in [7, 11) is 0. The van der Waals surface area contributed by atoms with E-state index in [4.69, 9.17) is 0 Å². The molecule has 1 unspecified atom stereocenters. The molecule has 2 heterocycles. The van der Waals surface area contributed by atoms with Crippen molar-refractivity contribution >= 4 is 23.4 Å². The molecule has 1 atom stereocenters. The van der Waals surface area contributed by atoms with Crippen LogP contribution >= 0.6 is 0 Å². The van der Waals surface area contributed by atoms with Crippen molar-refractivity contribution in [2.24, 2.45) is 5.92 Å². The van der Waals surface area contributed by atoms with Crippen molar-refractivity contribution in [2.75, 3.05) is 24.5 Å². The molecule has 3 fully saturated rings. The van der Waals surface area contributed by atoms with Gasteiger partial charge >= 0.3 is 0 Å². The van der Waals surface area contributed by atoms with Crippen LogP contribution in [0.4, 0.5) is 5.69 Å². The molecule has 6 heteroatoms. The van der Waals surface area contributed by atoms with Crippen LogP contribution in [-0.4, -0.2) is 48.3 Å². The van der Waals surface area contributed by atoms with Gasteiger partial charge in [0, 0.05) is 43.3 Å². The Bertz CT molecular complexity index is 727. The summed E-state index contributed by atoms with van der Waals surface area (Å²) in [6, 6.07) is 7.67. The van der Waals surface area contributed by atoms with Crippen LogP contribution in [0.3, 0.4) is 0 Å². The third-order valence-electron chi connectivity index (χ3n) is 5.75. The Hall–Kier alpha value is -2.37. The standard InChI is InChI=1S/C21H27N3O3/c25-19-5-1-2-13-24(19)18-10-6-15(7-11-18)21(27)23-12-3-4-16(14-23)20(26)22-17-8-9-17/h6-7,10-11,16-17H,1-5,8-9,12-14H2,(H,22,26). The zero-order chi connectivity index (χ0) is 18.8. The minimum absolute atomic E-state index is 0.0320. The minimum atomic E-state index is -0.103. The van der Waals surface area contributed by atoms with Crippen molar-refractivity contribution in [3.63, 3.8) is 0 Å². The second-order valence-corrected chi connectivity index (χ2v) is 7.92. The minimum Gasteiger partial charge on any atom is -0.353 e. The zero-order valence-corrected chi connectivity index (χ0v) is 15.7. The monoisotopic (exact) mass is 369 g/mol. The Kier molecular flexibility index (Phi) is 5.14. The highest BCUT2D eigenvalue weighted by atomic mass is 16.2. The summed E-state index contributed by atoms with van der Waals surface area (Å²) in [6.07, 6.45) is 6.42. The van der Waals surface area contributed by atoms with Crippen molar-refractivity contribution in [3.05, 3.63) is 29.8 Å². The molecule has 0 aromatic heterocycles. The molecule has 0 spiro atoms. The van der Waals surface area contributed by atoms with Crippen LogP contribution in [0.25, 0.3) is 0 Å². The highest BCUT2D eigenvalue weighted by Crippen LogP contribution is 2.25. The maximum Gasteiger partial charge on any atom is 0.253 e. The first-order valence-electron chi connectivity index (χ1n) is 10.1. The van der Waals surface area contributed by atoms with Gasteiger partial charge in [-0.3, -0.25) is 14.4 Å². The van der Waals surface area contributed by atoms with Crippen molar-refractivity contribution in [1.29, 1.82) is 0 Å². The largest absolute Gasteiger partial charge is 0.353 e. The van der Waals surface area contributed by atoms with Gasteiger partial charge in [0.05, 0.1) is 5.92 Å². The topological polar surface area (TPSA) is 69.7 Å². The molecule has 4 rings (SSSR count). The Morgan fingerprint density at radius 2 is 1.74 bits per heavy atom. The lowest BCUT2D eigenvalue weighted by Crippen LogP contribution is -2.45. The summed E-state index contributed by atoms with van der Waals surface area (Å²) >= 11 is 0. The highest BCUT2D eigenvalue weighted by Gasteiger charge is 2.32. The second-order valence-electron chi connectivity index (χ2n) is 7.92. The van der Waals surface area contributed by atoms with E-state index in [0.29, 0.717) is 31.1 Å². The molecule has 3 aliphatic rings. The fourth-order valence-electron chi connectivity index (χ4n) is 3.97. The Morgan fingerprint density at radius 1 is 0.963 bits per heavy atom. The zero-order valence-electron chi connectivity index (χ0n) is 15.7. The molecule has 27 heavy (non-hydrogen) atoms. The molecular weight excluding hydrogens is 342 g/mol. The average Bonchev–Trinajstić information content (AvgIpc) is 3.52. The van der Waals surface area contributed by atoms with Crippen LogP contribution < -0.4 is 10.2 Å². The molecule has 1 N–H and O–H groups in total. The van der Waals surface area contributed by atoms with Gasteiger partial charge in [0.15, 0.2) is 0 Å². The number of carbonyl (C=O) groups is 3. The Morgan fingerprint density at radius 3 is 2.44 bits per heavy atom. The van der Waals surface area contributed by atoms with Gasteiger partial charge in [0.2, 0.25) is 11.8 Å². The van der Waals surface area contributed by atoms with Gasteiger partial charge in [-0.05, 0) is 62.8 Å². The van der Waals surface area contributed by atoms with E-state index < -0.39 is 0 Å². The SMILES string of the molecule is O=C(NC1CC1)C1CCCN(C(=O)c2ccc(N3CCCCC3=O)cc2)C1. The number of amides is 3. The molecular formula is C21H27N3O3. The van der Waals surface area contributed by atoms with Crippen LogP contribution in [0, 0.1) is 5.92 Å². The lowest BCUT2D eigenvalue weighted by molar-refractivity contribution is -0.126. The number of carbonyl (C=O) groups excluding carboxylic acids is 3. The van der Waals surface area contributed by atoms with Gasteiger partial charge in [-0.25, -0.2) is 0 Å². The quantitative estimate of drug-likeness (QED) is 0.886. The number of rotatable bonds is 4. The van der Waals surface area contributed by atoms with Gasteiger partial charge in [0.25, 0.3) is 5.91 Å². The van der Waals surface area contributed by atoms with Crippen LogP contribution in [0.15, 0.2) is 24.3 Å². The van der Waals surface area contributed by atoms with Crippen LogP contribution in [0.5, 0.6) is 0 Å². The number of anilines is 1. The molecule has 2 aliphatic heterocycles. The first kappa shape index (κ1) is 18.0. The first-order valence-corrected chi connectivity index (χ1v) is 10.1. The normalized spacial score (nSPS) is 23.3. The van der Waals surface area contributed by atoms with Gasteiger partial charge in [-0.2, -0.15) is 0 Å². The third-order valence-corrected chi connectivity index (χ3v) is 5.75. The van der Waals surface area contributed by atoms with E-state index in [1.54, 1.807) is 21.9 Å². The van der Waals surface area contributed by atoms with E-state index in [2.05, 4.69) is 5.32 Å². The predicted octanol–water partition coefficient (Wildman–Crippen LogP) is 2.33. The molecule has 0 radical (unpaired) electrons. The third kappa shape index (κ3) is 4.15. The predicted molar refractivity (Wildman–Crippen MR) is 102 cm³/mol.